The predicted octanol–water partition coefficient (Wildman–Crippen LogP) is 4.85. The first-order chi connectivity index (χ1) is 20.9. The molecule has 12 heteroatoms. The van der Waals surface area contributed by atoms with E-state index in [4.69, 9.17) is 9.84 Å². The number of anilines is 1. The summed E-state index contributed by atoms with van der Waals surface area (Å²) in [5.41, 5.74) is 4.39. The van der Waals surface area contributed by atoms with Crippen molar-refractivity contribution in [1.29, 1.82) is 0 Å². The van der Waals surface area contributed by atoms with Crippen LogP contribution in [0.25, 0.3) is 27.9 Å². The molecule has 3 atom stereocenters. The summed E-state index contributed by atoms with van der Waals surface area (Å²) in [6.45, 7) is 3.94. The van der Waals surface area contributed by atoms with E-state index >= 15 is 0 Å². The van der Waals surface area contributed by atoms with E-state index in [1.165, 1.54) is 17.0 Å². The number of fused-ring (bicyclic) bond motifs is 2. The number of hydrogen-bond donors (Lipinski definition) is 2. The van der Waals surface area contributed by atoms with Crippen molar-refractivity contribution in [1.82, 2.24) is 29.0 Å². The molecule has 2 aromatic carbocycles. The number of ether oxygens (including phenoxy) is 1. The van der Waals surface area contributed by atoms with Gasteiger partial charge in [0, 0.05) is 30.7 Å². The van der Waals surface area contributed by atoms with Crippen molar-refractivity contribution in [2.45, 2.75) is 44.3 Å². The number of hydrogen-bond acceptors (Lipinski definition) is 6. The predicted molar refractivity (Wildman–Crippen MR) is 159 cm³/mol. The highest BCUT2D eigenvalue weighted by Gasteiger charge is 2.33. The number of piperidine rings is 1. The largest absolute Gasteiger partial charge is 0.465 e. The Morgan fingerprint density at radius 2 is 2.05 bits per heavy atom. The van der Waals surface area contributed by atoms with Gasteiger partial charge in [0.2, 0.25) is 0 Å². The molecule has 0 bridgehead atoms. The van der Waals surface area contributed by atoms with E-state index in [9.17, 15) is 19.1 Å². The molecule has 5 aromatic rings. The Labute approximate surface area is 246 Å². The molecule has 5 heterocycles. The topological polar surface area (TPSA) is 121 Å². The zero-order chi connectivity index (χ0) is 29.7. The monoisotopic (exact) mass is 585 g/mol. The molecule has 2 saturated heterocycles. The highest BCUT2D eigenvalue weighted by atomic mass is 19.1. The summed E-state index contributed by atoms with van der Waals surface area (Å²) in [7, 11) is 0. The average Bonchev–Trinajstić information content (AvgIpc) is 3.60. The summed E-state index contributed by atoms with van der Waals surface area (Å²) in [6, 6.07) is 15.8. The Morgan fingerprint density at radius 3 is 2.86 bits per heavy atom. The maximum absolute atomic E-state index is 14.0. The van der Waals surface area contributed by atoms with Crippen LogP contribution >= 0.6 is 0 Å². The van der Waals surface area contributed by atoms with Crippen molar-refractivity contribution < 1.29 is 19.0 Å². The number of aromatic nitrogens is 5. The molecule has 222 valence electrons. The van der Waals surface area contributed by atoms with Gasteiger partial charge in [-0.05, 0) is 61.2 Å². The maximum Gasteiger partial charge on any atom is 0.407 e. The van der Waals surface area contributed by atoms with Gasteiger partial charge in [0.15, 0.2) is 5.65 Å². The molecule has 2 aliphatic heterocycles. The van der Waals surface area contributed by atoms with Crippen LogP contribution in [0, 0.1) is 5.82 Å². The molecule has 0 radical (unpaired) electrons. The summed E-state index contributed by atoms with van der Waals surface area (Å²) >= 11 is 0. The molecule has 11 nitrogen and oxygen atoms in total. The number of H-pyrrole nitrogens is 1. The van der Waals surface area contributed by atoms with E-state index in [0.29, 0.717) is 56.7 Å². The average molecular weight is 586 g/mol. The molecule has 1 amide bonds. The quantitative estimate of drug-likeness (QED) is 0.303. The number of halogens is 1. The fourth-order valence-electron chi connectivity index (χ4n) is 6.64. The first kappa shape index (κ1) is 27.1. The molecule has 0 spiro atoms. The first-order valence-electron chi connectivity index (χ1n) is 14.6. The van der Waals surface area contributed by atoms with E-state index < -0.39 is 6.09 Å². The summed E-state index contributed by atoms with van der Waals surface area (Å²) in [6.07, 6.45) is 2.72. The lowest BCUT2D eigenvalue weighted by molar-refractivity contribution is 0.0900. The van der Waals surface area contributed by atoms with Crippen molar-refractivity contribution in [2.75, 3.05) is 31.2 Å². The first-order valence-corrected chi connectivity index (χ1v) is 14.6. The van der Waals surface area contributed by atoms with Gasteiger partial charge in [-0.3, -0.25) is 4.57 Å². The third-order valence-corrected chi connectivity index (χ3v) is 8.79. The van der Waals surface area contributed by atoms with Crippen molar-refractivity contribution in [3.63, 3.8) is 0 Å². The third kappa shape index (κ3) is 4.81. The van der Waals surface area contributed by atoms with Crippen molar-refractivity contribution in [2.24, 2.45) is 0 Å². The Bertz CT molecular complexity index is 1880. The van der Waals surface area contributed by atoms with Crippen LogP contribution in [0.15, 0.2) is 65.6 Å². The number of amides is 1. The number of morpholine rings is 1. The van der Waals surface area contributed by atoms with E-state index in [1.807, 2.05) is 43.3 Å². The third-order valence-electron chi connectivity index (χ3n) is 8.79. The van der Waals surface area contributed by atoms with Gasteiger partial charge in [-0.25, -0.2) is 23.5 Å². The molecular formula is C31H32FN7O4. The fraction of sp³-hybridized carbons (Fsp3) is 0.355. The standard InChI is InChI=1S/C31H32FN7O4/c1-2-22-16-23(10-11-36(22)31(41)42)38-25-7-6-20(15-24(25)34-30(38)40)26-17-33-28-8-9-29(35-39(26)28)37-12-13-43-18-27(37)19-4-3-5-21(32)14-19/h3-9,14-15,17,22-23,27H,2,10-13,16,18H2,1H3,(H,34,40)(H,41,42). The van der Waals surface area contributed by atoms with Crippen LogP contribution in [0.3, 0.4) is 0 Å². The normalized spacial score (nSPS) is 21.1. The molecule has 2 aliphatic rings. The maximum atomic E-state index is 14.0. The van der Waals surface area contributed by atoms with Crippen molar-refractivity contribution in [3.8, 4) is 11.3 Å². The van der Waals surface area contributed by atoms with Crippen molar-refractivity contribution in [3.05, 3.63) is 82.7 Å². The Kier molecular flexibility index (Phi) is 6.85. The van der Waals surface area contributed by atoms with Gasteiger partial charge in [-0.2, -0.15) is 0 Å². The van der Waals surface area contributed by atoms with Crippen LogP contribution in [0.1, 0.15) is 43.8 Å². The smallest absolute Gasteiger partial charge is 0.407 e. The summed E-state index contributed by atoms with van der Waals surface area (Å²) < 4.78 is 23.4. The second-order valence-corrected chi connectivity index (χ2v) is 11.2. The van der Waals surface area contributed by atoms with Gasteiger partial charge in [-0.1, -0.05) is 25.1 Å². The number of carbonyl (C=O) groups is 1. The van der Waals surface area contributed by atoms with Crippen LogP contribution in [0.2, 0.25) is 0 Å². The lowest BCUT2D eigenvalue weighted by atomic mass is 9.95. The van der Waals surface area contributed by atoms with Crippen LogP contribution in [-0.2, 0) is 4.74 Å². The van der Waals surface area contributed by atoms with Crippen LogP contribution in [0.5, 0.6) is 0 Å². The highest BCUT2D eigenvalue weighted by Crippen LogP contribution is 2.33. The van der Waals surface area contributed by atoms with E-state index in [0.717, 1.165) is 28.2 Å². The second kappa shape index (κ2) is 10.8. The minimum absolute atomic E-state index is 0.0905. The number of nitrogens with one attached hydrogen (secondary N) is 1. The summed E-state index contributed by atoms with van der Waals surface area (Å²) in [4.78, 5) is 36.0. The number of benzene rings is 2. The number of aromatic amines is 1. The molecule has 7 rings (SSSR count). The van der Waals surface area contributed by atoms with Crippen LogP contribution < -0.4 is 10.6 Å². The molecule has 0 aliphatic carbocycles. The molecule has 2 fully saturated rings. The van der Waals surface area contributed by atoms with Gasteiger partial charge in [0.25, 0.3) is 0 Å². The van der Waals surface area contributed by atoms with Gasteiger partial charge >= 0.3 is 11.8 Å². The van der Waals surface area contributed by atoms with Gasteiger partial charge < -0.3 is 24.6 Å². The lowest BCUT2D eigenvalue weighted by Crippen LogP contribution is -2.46. The molecule has 0 saturated carbocycles. The SMILES string of the molecule is CCC1CC(n2c(=O)[nH]c3cc(-c4cnc5ccc(N6CCOCC6c6cccc(F)c6)nn45)ccc32)CCN1C(=O)O. The number of imidazole rings is 2. The highest BCUT2D eigenvalue weighted by molar-refractivity contribution is 5.82. The minimum atomic E-state index is -0.913. The van der Waals surface area contributed by atoms with Gasteiger partial charge in [0.1, 0.15) is 11.6 Å². The van der Waals surface area contributed by atoms with Crippen LogP contribution in [0.4, 0.5) is 15.0 Å². The van der Waals surface area contributed by atoms with E-state index in [1.54, 1.807) is 21.3 Å². The van der Waals surface area contributed by atoms with Gasteiger partial charge in [0.05, 0.1) is 42.2 Å². The number of rotatable bonds is 5. The van der Waals surface area contributed by atoms with E-state index in [2.05, 4.69) is 14.9 Å². The summed E-state index contributed by atoms with van der Waals surface area (Å²) in [5, 5.41) is 14.5. The molecule has 43 heavy (non-hydrogen) atoms. The Balaban J connectivity index is 1.22. The minimum Gasteiger partial charge on any atom is -0.465 e. The fourth-order valence-corrected chi connectivity index (χ4v) is 6.64. The number of carboxylic acid groups (broad SMARTS) is 1. The number of likely N-dealkylation sites (tertiary alicyclic amines) is 1. The zero-order valence-corrected chi connectivity index (χ0v) is 23.7. The Hall–Kier alpha value is -4.71. The number of nitrogens with zero attached hydrogens (tertiary/aromatic N) is 6. The second-order valence-electron chi connectivity index (χ2n) is 11.2. The molecular weight excluding hydrogens is 553 g/mol. The van der Waals surface area contributed by atoms with Gasteiger partial charge in [-0.15, -0.1) is 5.10 Å². The summed E-state index contributed by atoms with van der Waals surface area (Å²) in [5.74, 6) is 0.435. The van der Waals surface area contributed by atoms with Crippen LogP contribution in [-0.4, -0.2) is 72.6 Å². The lowest BCUT2D eigenvalue weighted by Gasteiger charge is -2.37. The van der Waals surface area contributed by atoms with E-state index in [-0.39, 0.29) is 29.6 Å². The molecule has 3 unspecified atom stereocenters. The molecule has 2 N–H and O–H groups in total. The Morgan fingerprint density at radius 1 is 1.16 bits per heavy atom. The molecule has 3 aromatic heterocycles. The zero-order valence-electron chi connectivity index (χ0n) is 23.7. The van der Waals surface area contributed by atoms with Crippen molar-refractivity contribution >= 4 is 28.6 Å².